The Balaban J connectivity index is 1.57. The molecule has 1 aliphatic heterocycles. The van der Waals surface area contributed by atoms with Crippen LogP contribution in [-0.2, 0) is 0 Å². The van der Waals surface area contributed by atoms with Crippen molar-refractivity contribution in [3.63, 3.8) is 0 Å². The van der Waals surface area contributed by atoms with E-state index in [4.69, 9.17) is 4.52 Å². The molecule has 4 nitrogen and oxygen atoms in total. The molecule has 1 aliphatic carbocycles. The summed E-state index contributed by atoms with van der Waals surface area (Å²) >= 11 is 0. The topological polar surface area (TPSA) is 46.3 Å². The zero-order valence-corrected chi connectivity index (χ0v) is 14.9. The highest BCUT2D eigenvalue weighted by atomic mass is 19.1. The van der Waals surface area contributed by atoms with Crippen molar-refractivity contribution in [3.05, 3.63) is 41.9 Å². The van der Waals surface area contributed by atoms with E-state index in [2.05, 4.69) is 25.9 Å². The summed E-state index contributed by atoms with van der Waals surface area (Å²) in [5.41, 5.74) is 1.73. The molecule has 0 radical (unpaired) electrons. The van der Waals surface area contributed by atoms with E-state index in [1.54, 1.807) is 18.2 Å². The lowest BCUT2D eigenvalue weighted by Crippen LogP contribution is -2.37. The van der Waals surface area contributed by atoms with Crippen LogP contribution in [0, 0.1) is 16.6 Å². The number of amides is 1. The fourth-order valence-electron chi connectivity index (χ4n) is 4.97. The molecule has 5 heteroatoms. The molecule has 0 spiro atoms. The Bertz CT molecular complexity index is 811. The average Bonchev–Trinajstić information content (AvgIpc) is 3.09. The number of fused-ring (bicyclic) bond motifs is 2. The first-order valence-corrected chi connectivity index (χ1v) is 8.78. The summed E-state index contributed by atoms with van der Waals surface area (Å²) in [5.74, 6) is -0.135. The van der Waals surface area contributed by atoms with Gasteiger partial charge in [-0.1, -0.05) is 25.9 Å². The predicted molar refractivity (Wildman–Crippen MR) is 92.5 cm³/mol. The second kappa shape index (κ2) is 5.41. The minimum Gasteiger partial charge on any atom is -0.350 e. The quantitative estimate of drug-likeness (QED) is 0.806. The summed E-state index contributed by atoms with van der Waals surface area (Å²) in [7, 11) is 0. The smallest absolute Gasteiger partial charge is 0.292 e. The minimum absolute atomic E-state index is 0.0905. The van der Waals surface area contributed by atoms with Crippen molar-refractivity contribution in [1.82, 2.24) is 10.1 Å². The van der Waals surface area contributed by atoms with Gasteiger partial charge in [-0.05, 0) is 54.4 Å². The minimum atomic E-state index is -0.302. The number of nitrogens with zero attached hydrogens (tertiary/aromatic N) is 2. The first kappa shape index (κ1) is 16.3. The van der Waals surface area contributed by atoms with E-state index in [0.29, 0.717) is 5.69 Å². The van der Waals surface area contributed by atoms with Crippen LogP contribution in [0.25, 0.3) is 11.3 Å². The lowest BCUT2D eigenvalue weighted by Gasteiger charge is -2.39. The largest absolute Gasteiger partial charge is 0.350 e. The van der Waals surface area contributed by atoms with Gasteiger partial charge in [-0.2, -0.15) is 0 Å². The lowest BCUT2D eigenvalue weighted by molar-refractivity contribution is 0.0667. The van der Waals surface area contributed by atoms with Crippen molar-refractivity contribution < 1.29 is 13.7 Å². The molecule has 2 atom stereocenters. The molecule has 2 aromatic rings. The van der Waals surface area contributed by atoms with E-state index in [0.717, 1.165) is 31.4 Å². The normalized spacial score (nSPS) is 27.5. The Morgan fingerprint density at radius 1 is 1.24 bits per heavy atom. The number of aromatic nitrogens is 1. The van der Waals surface area contributed by atoms with Gasteiger partial charge in [0, 0.05) is 24.2 Å². The van der Waals surface area contributed by atoms with Crippen LogP contribution in [0.5, 0.6) is 0 Å². The van der Waals surface area contributed by atoms with Gasteiger partial charge in [-0.25, -0.2) is 4.39 Å². The Morgan fingerprint density at radius 3 is 2.68 bits per heavy atom. The summed E-state index contributed by atoms with van der Waals surface area (Å²) < 4.78 is 18.4. The van der Waals surface area contributed by atoms with Crippen molar-refractivity contribution in [2.45, 2.75) is 46.1 Å². The second-order valence-electron chi connectivity index (χ2n) is 8.73. The highest BCUT2D eigenvalue weighted by Crippen LogP contribution is 2.52. The number of halogens is 1. The number of benzene rings is 1. The number of carbonyl (C=O) groups is 1. The van der Waals surface area contributed by atoms with Gasteiger partial charge < -0.3 is 9.42 Å². The van der Waals surface area contributed by atoms with Crippen LogP contribution in [0.3, 0.4) is 0 Å². The van der Waals surface area contributed by atoms with Crippen molar-refractivity contribution in [3.8, 4) is 11.3 Å². The van der Waals surface area contributed by atoms with E-state index in [9.17, 15) is 9.18 Å². The maximum Gasteiger partial charge on any atom is 0.292 e. The zero-order chi connectivity index (χ0) is 17.8. The molecule has 0 N–H and O–H groups in total. The van der Waals surface area contributed by atoms with Gasteiger partial charge in [-0.3, -0.25) is 4.79 Å². The molecule has 4 rings (SSSR count). The Labute approximate surface area is 147 Å². The maximum absolute atomic E-state index is 13.1. The van der Waals surface area contributed by atoms with Crippen molar-refractivity contribution in [2.75, 3.05) is 6.54 Å². The predicted octanol–water partition coefficient (Wildman–Crippen LogP) is 4.52. The van der Waals surface area contributed by atoms with Crippen molar-refractivity contribution in [1.29, 1.82) is 0 Å². The average molecular weight is 342 g/mol. The maximum atomic E-state index is 13.1. The van der Waals surface area contributed by atoms with E-state index in [1.165, 1.54) is 12.1 Å². The molecule has 1 saturated carbocycles. The van der Waals surface area contributed by atoms with Crippen LogP contribution in [0.2, 0.25) is 0 Å². The van der Waals surface area contributed by atoms with Crippen molar-refractivity contribution in [2.24, 2.45) is 10.8 Å². The van der Waals surface area contributed by atoms with E-state index in [1.807, 2.05) is 4.90 Å². The number of likely N-dealkylation sites (tertiary alicyclic amines) is 1. The monoisotopic (exact) mass is 342 g/mol. The van der Waals surface area contributed by atoms with Crippen molar-refractivity contribution >= 4 is 5.91 Å². The first-order chi connectivity index (χ1) is 11.7. The number of rotatable bonds is 2. The third-order valence-electron chi connectivity index (χ3n) is 5.54. The van der Waals surface area contributed by atoms with Gasteiger partial charge in [0.1, 0.15) is 11.5 Å². The van der Waals surface area contributed by atoms with Crippen LogP contribution in [0.4, 0.5) is 4.39 Å². The van der Waals surface area contributed by atoms with Gasteiger partial charge in [0.2, 0.25) is 5.76 Å². The summed E-state index contributed by atoms with van der Waals surface area (Å²) in [6.45, 7) is 7.62. The zero-order valence-electron chi connectivity index (χ0n) is 14.9. The Kier molecular flexibility index (Phi) is 3.53. The molecule has 1 aromatic carbocycles. The molecule has 25 heavy (non-hydrogen) atoms. The molecule has 2 bridgehead atoms. The first-order valence-electron chi connectivity index (χ1n) is 8.78. The van der Waals surface area contributed by atoms with Crippen LogP contribution in [0.1, 0.15) is 50.6 Å². The number of hydrogen-bond donors (Lipinski definition) is 0. The van der Waals surface area contributed by atoms with Crippen LogP contribution >= 0.6 is 0 Å². The summed E-state index contributed by atoms with van der Waals surface area (Å²) in [5, 5.41) is 4.00. The summed E-state index contributed by atoms with van der Waals surface area (Å²) in [6.07, 6.45) is 3.21. The fourth-order valence-corrected chi connectivity index (χ4v) is 4.97. The molecule has 0 unspecified atom stereocenters. The lowest BCUT2D eigenvalue weighted by atomic mass is 9.65. The third-order valence-corrected chi connectivity index (χ3v) is 5.54. The molecule has 1 saturated heterocycles. The van der Waals surface area contributed by atoms with E-state index in [-0.39, 0.29) is 34.4 Å². The molecule has 2 fully saturated rings. The highest BCUT2D eigenvalue weighted by Gasteiger charge is 2.51. The molecular weight excluding hydrogens is 319 g/mol. The molecule has 2 heterocycles. The second-order valence-corrected chi connectivity index (χ2v) is 8.73. The van der Waals surface area contributed by atoms with Crippen LogP contribution < -0.4 is 0 Å². The number of carbonyl (C=O) groups excluding carboxylic acids is 1. The van der Waals surface area contributed by atoms with E-state index < -0.39 is 0 Å². The summed E-state index contributed by atoms with van der Waals surface area (Å²) in [4.78, 5) is 14.9. The Morgan fingerprint density at radius 2 is 1.96 bits per heavy atom. The summed E-state index contributed by atoms with van der Waals surface area (Å²) in [6, 6.07) is 7.93. The van der Waals surface area contributed by atoms with Gasteiger partial charge in [0.25, 0.3) is 5.91 Å². The van der Waals surface area contributed by atoms with Gasteiger partial charge in [0.05, 0.1) is 0 Å². The van der Waals surface area contributed by atoms with Gasteiger partial charge in [0.15, 0.2) is 0 Å². The fraction of sp³-hybridized carbons (Fsp3) is 0.500. The molecule has 2 aliphatic rings. The van der Waals surface area contributed by atoms with E-state index >= 15 is 0 Å². The standard InChI is InChI=1S/C20H23FN2O2/c1-19(2)9-15-10-20(3,11-19)12-23(15)18(24)17-8-16(22-25-17)13-4-6-14(21)7-5-13/h4-8,15H,9-12H2,1-3H3/t15-,20+/m1/s1. The Hall–Kier alpha value is -2.17. The number of hydrogen-bond acceptors (Lipinski definition) is 3. The van der Waals surface area contributed by atoms with Gasteiger partial charge >= 0.3 is 0 Å². The molecule has 1 amide bonds. The van der Waals surface area contributed by atoms with Crippen LogP contribution in [-0.4, -0.2) is 28.6 Å². The molecule has 132 valence electrons. The molecular formula is C20H23FN2O2. The van der Waals surface area contributed by atoms with Gasteiger partial charge in [-0.15, -0.1) is 0 Å². The van der Waals surface area contributed by atoms with Crippen LogP contribution in [0.15, 0.2) is 34.9 Å². The third kappa shape index (κ3) is 2.96. The SMILES string of the molecule is CC1(C)C[C@@H]2C[C@](C)(CN2C(=O)c2cc(-c3ccc(F)cc3)no2)C1. The highest BCUT2D eigenvalue weighted by molar-refractivity contribution is 5.93. The molecule has 1 aromatic heterocycles.